The highest BCUT2D eigenvalue weighted by molar-refractivity contribution is 7.71. The van der Waals surface area contributed by atoms with Crippen LogP contribution in [0.15, 0.2) is 47.8 Å². The molecular formula is C16H12N2S2. The Morgan fingerprint density at radius 3 is 2.95 bits per heavy atom. The number of nitrogens with one attached hydrogen (secondary N) is 1. The fraction of sp³-hybridized carbons (Fsp3) is 0.0625. The van der Waals surface area contributed by atoms with Gasteiger partial charge in [-0.3, -0.25) is 4.57 Å². The number of H-pyrrole nitrogens is 1. The molecule has 0 atom stereocenters. The van der Waals surface area contributed by atoms with Crippen LogP contribution in [0.5, 0.6) is 0 Å². The Balaban J connectivity index is 2.11. The van der Waals surface area contributed by atoms with Gasteiger partial charge in [-0.2, -0.15) is 0 Å². The first-order chi connectivity index (χ1) is 9.74. The molecule has 98 valence electrons. The Morgan fingerprint density at radius 2 is 2.05 bits per heavy atom. The first kappa shape index (κ1) is 11.9. The second-order valence-corrected chi connectivity index (χ2v) is 6.21. The Kier molecular flexibility index (Phi) is 2.55. The minimum absolute atomic E-state index is 0.740. The number of benzene rings is 2. The molecule has 2 aromatic heterocycles. The summed E-state index contributed by atoms with van der Waals surface area (Å²) in [5.74, 6) is 0. The van der Waals surface area contributed by atoms with Gasteiger partial charge in [0.15, 0.2) is 4.77 Å². The summed E-state index contributed by atoms with van der Waals surface area (Å²) in [4.78, 5) is 3.29. The third-order valence-corrected chi connectivity index (χ3v) is 4.78. The van der Waals surface area contributed by atoms with Crippen molar-refractivity contribution in [3.05, 3.63) is 58.2 Å². The molecule has 0 amide bonds. The molecule has 0 aliphatic heterocycles. The van der Waals surface area contributed by atoms with Crippen molar-refractivity contribution in [1.29, 1.82) is 0 Å². The normalized spacial score (nSPS) is 11.4. The molecule has 4 aromatic rings. The van der Waals surface area contributed by atoms with E-state index in [1.807, 2.05) is 0 Å². The minimum atomic E-state index is 0.740. The monoisotopic (exact) mass is 296 g/mol. The number of hydrogen-bond donors (Lipinski definition) is 1. The number of para-hydroxylation sites is 1. The SMILES string of the molecule is Cc1cccc2[nH]c(=S)n(-c3ccc4sccc4c3)c12. The molecule has 2 aromatic carbocycles. The van der Waals surface area contributed by atoms with Crippen LogP contribution in [0, 0.1) is 11.7 Å². The van der Waals surface area contributed by atoms with Gasteiger partial charge < -0.3 is 4.98 Å². The highest BCUT2D eigenvalue weighted by atomic mass is 32.1. The van der Waals surface area contributed by atoms with Gasteiger partial charge in [0.2, 0.25) is 0 Å². The molecule has 2 heterocycles. The van der Waals surface area contributed by atoms with E-state index in [0.29, 0.717) is 0 Å². The van der Waals surface area contributed by atoms with Gasteiger partial charge in [-0.15, -0.1) is 11.3 Å². The van der Waals surface area contributed by atoms with Crippen LogP contribution in [-0.2, 0) is 0 Å². The summed E-state index contributed by atoms with van der Waals surface area (Å²) in [6.45, 7) is 2.12. The Hall–Kier alpha value is -1.91. The number of hydrogen-bond acceptors (Lipinski definition) is 2. The van der Waals surface area contributed by atoms with E-state index in [1.54, 1.807) is 11.3 Å². The molecule has 2 nitrogen and oxygen atoms in total. The average Bonchev–Trinajstić information content (AvgIpc) is 3.01. The number of imidazole rings is 1. The van der Waals surface area contributed by atoms with Crippen molar-refractivity contribution in [2.24, 2.45) is 0 Å². The maximum atomic E-state index is 5.51. The molecule has 0 bridgehead atoms. The summed E-state index contributed by atoms with van der Waals surface area (Å²) in [6.07, 6.45) is 0. The Bertz CT molecular complexity index is 988. The van der Waals surface area contributed by atoms with Crippen LogP contribution in [-0.4, -0.2) is 9.55 Å². The molecule has 0 aliphatic rings. The zero-order valence-corrected chi connectivity index (χ0v) is 12.5. The summed E-state index contributed by atoms with van der Waals surface area (Å²) >= 11 is 7.27. The first-order valence-corrected chi connectivity index (χ1v) is 7.71. The number of nitrogens with zero attached hydrogens (tertiary/aromatic N) is 1. The lowest BCUT2D eigenvalue weighted by atomic mass is 10.2. The zero-order chi connectivity index (χ0) is 13.7. The van der Waals surface area contributed by atoms with Crippen LogP contribution in [0.3, 0.4) is 0 Å². The molecule has 4 rings (SSSR count). The number of aromatic nitrogens is 2. The molecule has 0 spiro atoms. The second-order valence-electron chi connectivity index (χ2n) is 4.88. The van der Waals surface area contributed by atoms with E-state index in [0.717, 1.165) is 21.5 Å². The van der Waals surface area contributed by atoms with Gasteiger partial charge in [0.1, 0.15) is 0 Å². The highest BCUT2D eigenvalue weighted by Crippen LogP contribution is 2.27. The third kappa shape index (κ3) is 1.65. The van der Waals surface area contributed by atoms with Crippen LogP contribution >= 0.6 is 23.6 Å². The standard InChI is InChI=1S/C16H12N2S2/c1-10-3-2-4-13-15(10)18(16(19)17-13)12-5-6-14-11(9-12)7-8-20-14/h2-9H,1H3,(H,17,19). The molecule has 0 saturated heterocycles. The first-order valence-electron chi connectivity index (χ1n) is 6.42. The smallest absolute Gasteiger partial charge is 0.182 e. The summed E-state index contributed by atoms with van der Waals surface area (Å²) in [7, 11) is 0. The number of fused-ring (bicyclic) bond motifs is 2. The van der Waals surface area contributed by atoms with E-state index in [1.165, 1.54) is 15.6 Å². The minimum Gasteiger partial charge on any atom is -0.330 e. The highest BCUT2D eigenvalue weighted by Gasteiger charge is 2.09. The summed E-state index contributed by atoms with van der Waals surface area (Å²) in [5.41, 5.74) is 4.58. The van der Waals surface area contributed by atoms with Crippen molar-refractivity contribution in [3.63, 3.8) is 0 Å². The quantitative estimate of drug-likeness (QED) is 0.478. The predicted molar refractivity (Wildman–Crippen MR) is 88.6 cm³/mol. The molecule has 0 radical (unpaired) electrons. The molecular weight excluding hydrogens is 284 g/mol. The maximum absolute atomic E-state index is 5.51. The number of rotatable bonds is 1. The van der Waals surface area contributed by atoms with Crippen molar-refractivity contribution in [1.82, 2.24) is 9.55 Å². The summed E-state index contributed by atoms with van der Waals surface area (Å²) < 4.78 is 4.16. The van der Waals surface area contributed by atoms with Crippen LogP contribution in [0.25, 0.3) is 26.8 Å². The Morgan fingerprint density at radius 1 is 1.15 bits per heavy atom. The third-order valence-electron chi connectivity index (χ3n) is 3.60. The molecule has 4 heteroatoms. The lowest BCUT2D eigenvalue weighted by Crippen LogP contribution is -1.94. The van der Waals surface area contributed by atoms with Crippen LogP contribution in [0.2, 0.25) is 0 Å². The summed E-state index contributed by atoms with van der Waals surface area (Å²) in [5, 5.41) is 3.38. The second kappa shape index (κ2) is 4.30. The van der Waals surface area contributed by atoms with Gasteiger partial charge in [0.25, 0.3) is 0 Å². The lowest BCUT2D eigenvalue weighted by molar-refractivity contribution is 1.06. The molecule has 0 unspecified atom stereocenters. The fourth-order valence-electron chi connectivity index (χ4n) is 2.67. The molecule has 0 saturated carbocycles. The van der Waals surface area contributed by atoms with Gasteiger partial charge in [-0.1, -0.05) is 12.1 Å². The van der Waals surface area contributed by atoms with Crippen molar-refractivity contribution in [2.75, 3.05) is 0 Å². The molecule has 1 N–H and O–H groups in total. The predicted octanol–water partition coefficient (Wildman–Crippen LogP) is 5.21. The van der Waals surface area contributed by atoms with Crippen molar-refractivity contribution >= 4 is 44.7 Å². The van der Waals surface area contributed by atoms with Crippen molar-refractivity contribution in [2.45, 2.75) is 6.92 Å². The zero-order valence-electron chi connectivity index (χ0n) is 10.9. The lowest BCUT2D eigenvalue weighted by Gasteiger charge is -2.06. The topological polar surface area (TPSA) is 20.7 Å². The van der Waals surface area contributed by atoms with Gasteiger partial charge >= 0.3 is 0 Å². The number of thiophene rings is 1. The van der Waals surface area contributed by atoms with E-state index < -0.39 is 0 Å². The maximum Gasteiger partial charge on any atom is 0.182 e. The van der Waals surface area contributed by atoms with Gasteiger partial charge in [0, 0.05) is 10.4 Å². The molecule has 0 fully saturated rings. The average molecular weight is 296 g/mol. The van der Waals surface area contributed by atoms with Crippen LogP contribution in [0.4, 0.5) is 0 Å². The molecule has 20 heavy (non-hydrogen) atoms. The van der Waals surface area contributed by atoms with E-state index in [2.05, 4.69) is 64.3 Å². The molecule has 0 aliphatic carbocycles. The van der Waals surface area contributed by atoms with Crippen LogP contribution in [0.1, 0.15) is 5.56 Å². The van der Waals surface area contributed by atoms with E-state index >= 15 is 0 Å². The van der Waals surface area contributed by atoms with E-state index in [-0.39, 0.29) is 0 Å². The van der Waals surface area contributed by atoms with Crippen molar-refractivity contribution < 1.29 is 0 Å². The number of aromatic amines is 1. The number of aryl methyl sites for hydroxylation is 1. The van der Waals surface area contributed by atoms with Gasteiger partial charge in [0.05, 0.1) is 11.0 Å². The van der Waals surface area contributed by atoms with Gasteiger partial charge in [-0.05, 0) is 65.8 Å². The van der Waals surface area contributed by atoms with Crippen LogP contribution < -0.4 is 0 Å². The Labute approximate surface area is 125 Å². The fourth-order valence-corrected chi connectivity index (χ4v) is 3.75. The van der Waals surface area contributed by atoms with E-state index in [4.69, 9.17) is 12.2 Å². The van der Waals surface area contributed by atoms with Crippen molar-refractivity contribution in [3.8, 4) is 5.69 Å². The summed E-state index contributed by atoms with van der Waals surface area (Å²) in [6, 6.07) is 14.9. The van der Waals surface area contributed by atoms with E-state index in [9.17, 15) is 0 Å². The van der Waals surface area contributed by atoms with Gasteiger partial charge in [-0.25, -0.2) is 0 Å². The largest absolute Gasteiger partial charge is 0.330 e.